The van der Waals surface area contributed by atoms with Gasteiger partial charge in [-0.15, -0.1) is 5.10 Å². The number of hydrogen-bond donors (Lipinski definition) is 1. The first-order valence-electron chi connectivity index (χ1n) is 14.4. The number of likely N-dealkylation sites (N-methyl/N-ethyl adjacent to an activating group) is 1. The zero-order valence-corrected chi connectivity index (χ0v) is 24.8. The van der Waals surface area contributed by atoms with E-state index in [1.165, 1.54) is 0 Å². The SMILES string of the molecule is Cc1ccc([C@@H](CC(=O)O)c2ccc3c(nnn3C3CC3)c2C)cc1CN1CC2(CC2)N(C)c2ncccc2S1(=O)=O. The van der Waals surface area contributed by atoms with E-state index < -0.39 is 21.9 Å². The molecule has 2 fully saturated rings. The van der Waals surface area contributed by atoms with Crippen molar-refractivity contribution in [3.63, 3.8) is 0 Å². The molecule has 2 aromatic carbocycles. The van der Waals surface area contributed by atoms with Crippen molar-refractivity contribution in [3.8, 4) is 0 Å². The number of carboxylic acids is 1. The standard InChI is InChI=1S/C31H34N6O4S/c1-19-6-7-21(25(16-28(38)39)24-10-11-26-29(20(24)2)33-34-37(26)23-8-9-23)15-22(19)17-36-18-31(12-13-31)35(3)30-27(42(36,40)41)5-4-14-32-30/h4-7,10-11,14-15,23,25H,8-9,12-13,16-18H2,1-3H3,(H,38,39)/t25-/m1/s1. The van der Waals surface area contributed by atoms with Gasteiger partial charge in [-0.2, -0.15) is 4.31 Å². The summed E-state index contributed by atoms with van der Waals surface area (Å²) in [6.07, 6.45) is 5.54. The van der Waals surface area contributed by atoms with E-state index in [0.717, 1.165) is 64.5 Å². The van der Waals surface area contributed by atoms with Crippen LogP contribution in [0.5, 0.6) is 0 Å². The topological polar surface area (TPSA) is 122 Å². The number of anilines is 1. The summed E-state index contributed by atoms with van der Waals surface area (Å²) < 4.78 is 31.5. The number of carbonyl (C=O) groups is 1. The van der Waals surface area contributed by atoms with E-state index in [0.29, 0.717) is 18.4 Å². The summed E-state index contributed by atoms with van der Waals surface area (Å²) in [5.74, 6) is -0.834. The van der Waals surface area contributed by atoms with Crippen LogP contribution >= 0.6 is 0 Å². The molecule has 2 saturated carbocycles. The third-order valence-corrected chi connectivity index (χ3v) is 11.2. The Kier molecular flexibility index (Phi) is 6.18. The van der Waals surface area contributed by atoms with Crippen molar-refractivity contribution in [2.24, 2.45) is 0 Å². The van der Waals surface area contributed by atoms with Gasteiger partial charge in [-0.05, 0) is 85.5 Å². The summed E-state index contributed by atoms with van der Waals surface area (Å²) >= 11 is 0. The summed E-state index contributed by atoms with van der Waals surface area (Å²) in [6.45, 7) is 4.52. The number of aryl methyl sites for hydroxylation is 2. The molecular formula is C31H34N6O4S. The first-order chi connectivity index (χ1) is 20.1. The maximum atomic E-state index is 14.0. The Morgan fingerprint density at radius 1 is 1.14 bits per heavy atom. The molecule has 3 heterocycles. The fourth-order valence-corrected chi connectivity index (χ4v) is 8.14. The first-order valence-corrected chi connectivity index (χ1v) is 15.9. The van der Waals surface area contributed by atoms with Crippen LogP contribution in [0.4, 0.5) is 5.82 Å². The van der Waals surface area contributed by atoms with Crippen LogP contribution in [0.2, 0.25) is 0 Å². The Balaban J connectivity index is 1.28. The minimum Gasteiger partial charge on any atom is -0.481 e. The maximum absolute atomic E-state index is 14.0. The average Bonchev–Trinajstić information content (AvgIpc) is 3.91. The predicted octanol–water partition coefficient (Wildman–Crippen LogP) is 4.56. The predicted molar refractivity (Wildman–Crippen MR) is 158 cm³/mol. The monoisotopic (exact) mass is 586 g/mol. The number of fused-ring (bicyclic) bond motifs is 2. The first kappa shape index (κ1) is 27.0. The molecule has 0 radical (unpaired) electrons. The highest BCUT2D eigenvalue weighted by Gasteiger charge is 2.53. The fraction of sp³-hybridized carbons (Fsp3) is 0.419. The highest BCUT2D eigenvalue weighted by molar-refractivity contribution is 7.89. The van der Waals surface area contributed by atoms with Crippen molar-refractivity contribution in [1.29, 1.82) is 0 Å². The van der Waals surface area contributed by atoms with Crippen LogP contribution in [0.1, 0.15) is 71.9 Å². The van der Waals surface area contributed by atoms with Gasteiger partial charge in [0, 0.05) is 32.3 Å². The number of carboxylic acid groups (broad SMARTS) is 1. The third kappa shape index (κ3) is 4.37. The van der Waals surface area contributed by atoms with Gasteiger partial charge in [-0.3, -0.25) is 4.79 Å². The molecular weight excluding hydrogens is 552 g/mol. The van der Waals surface area contributed by atoms with Gasteiger partial charge in [0.05, 0.1) is 23.5 Å². The van der Waals surface area contributed by atoms with Gasteiger partial charge in [0.25, 0.3) is 0 Å². The second-order valence-electron chi connectivity index (χ2n) is 12.1. The van der Waals surface area contributed by atoms with Crippen LogP contribution in [-0.4, -0.2) is 62.9 Å². The smallest absolute Gasteiger partial charge is 0.304 e. The van der Waals surface area contributed by atoms with E-state index in [4.69, 9.17) is 0 Å². The molecule has 1 N–H and O–H groups in total. The van der Waals surface area contributed by atoms with Crippen molar-refractivity contribution in [2.45, 2.75) is 74.9 Å². The Bertz CT molecular complexity index is 1840. The lowest BCUT2D eigenvalue weighted by Crippen LogP contribution is -2.43. The van der Waals surface area contributed by atoms with Crippen molar-refractivity contribution < 1.29 is 18.3 Å². The number of nitrogens with zero attached hydrogens (tertiary/aromatic N) is 6. The molecule has 1 atom stereocenters. The van der Waals surface area contributed by atoms with Crippen LogP contribution in [0.3, 0.4) is 0 Å². The zero-order chi connectivity index (χ0) is 29.4. The molecule has 0 saturated heterocycles. The number of sulfonamides is 1. The number of benzene rings is 2. The van der Waals surface area contributed by atoms with Crippen LogP contribution in [0, 0.1) is 13.8 Å². The molecule has 3 aliphatic rings. The second kappa shape index (κ2) is 9.60. The summed E-state index contributed by atoms with van der Waals surface area (Å²) in [5, 5.41) is 18.8. The van der Waals surface area contributed by atoms with Gasteiger partial charge in [-0.25, -0.2) is 18.1 Å². The Labute approximate surface area is 245 Å². The zero-order valence-electron chi connectivity index (χ0n) is 24.0. The van der Waals surface area contributed by atoms with Gasteiger partial charge in [0.1, 0.15) is 16.2 Å². The van der Waals surface area contributed by atoms with E-state index in [1.807, 2.05) is 60.8 Å². The maximum Gasteiger partial charge on any atom is 0.304 e. The summed E-state index contributed by atoms with van der Waals surface area (Å²) in [5.41, 5.74) is 5.96. The van der Waals surface area contributed by atoms with E-state index in [1.54, 1.807) is 22.6 Å². The number of aliphatic carboxylic acids is 1. The number of rotatable bonds is 7. The van der Waals surface area contributed by atoms with E-state index in [2.05, 4.69) is 15.3 Å². The van der Waals surface area contributed by atoms with Crippen molar-refractivity contribution >= 4 is 32.8 Å². The largest absolute Gasteiger partial charge is 0.481 e. The quantitative estimate of drug-likeness (QED) is 0.335. The van der Waals surface area contributed by atoms with E-state index in [-0.39, 0.29) is 23.4 Å². The lowest BCUT2D eigenvalue weighted by Gasteiger charge is -2.29. The van der Waals surface area contributed by atoms with Crippen molar-refractivity contribution in [2.75, 3.05) is 18.5 Å². The molecule has 7 rings (SSSR count). The number of aromatic nitrogens is 4. The summed E-state index contributed by atoms with van der Waals surface area (Å²) in [4.78, 5) is 18.8. The van der Waals surface area contributed by atoms with Crippen LogP contribution in [-0.2, 0) is 21.4 Å². The molecule has 1 spiro atoms. The third-order valence-electron chi connectivity index (χ3n) is 9.40. The molecule has 42 heavy (non-hydrogen) atoms. The molecule has 0 bridgehead atoms. The van der Waals surface area contributed by atoms with Gasteiger partial charge >= 0.3 is 5.97 Å². The molecule has 0 amide bonds. The number of pyridine rings is 1. The minimum absolute atomic E-state index is 0.0967. The van der Waals surface area contributed by atoms with Crippen molar-refractivity contribution in [3.05, 3.63) is 76.5 Å². The van der Waals surface area contributed by atoms with E-state index >= 15 is 0 Å². The Hall–Kier alpha value is -3.83. The van der Waals surface area contributed by atoms with Gasteiger partial charge in [0.2, 0.25) is 10.0 Å². The lowest BCUT2D eigenvalue weighted by atomic mass is 9.84. The molecule has 2 aliphatic carbocycles. The minimum atomic E-state index is -3.82. The van der Waals surface area contributed by atoms with Gasteiger partial charge in [-0.1, -0.05) is 29.5 Å². The normalized spacial score (nSPS) is 19.9. The van der Waals surface area contributed by atoms with E-state index in [9.17, 15) is 18.3 Å². The van der Waals surface area contributed by atoms with Gasteiger partial charge < -0.3 is 10.0 Å². The fourth-order valence-electron chi connectivity index (χ4n) is 6.47. The summed E-state index contributed by atoms with van der Waals surface area (Å²) in [6, 6.07) is 13.6. The highest BCUT2D eigenvalue weighted by Crippen LogP contribution is 2.48. The van der Waals surface area contributed by atoms with Crippen LogP contribution in [0.15, 0.2) is 53.6 Å². The van der Waals surface area contributed by atoms with Crippen LogP contribution in [0.25, 0.3) is 11.0 Å². The molecule has 218 valence electrons. The molecule has 0 unspecified atom stereocenters. The number of hydrogen-bond acceptors (Lipinski definition) is 7. The molecule has 4 aromatic rings. The Morgan fingerprint density at radius 3 is 2.64 bits per heavy atom. The summed E-state index contributed by atoms with van der Waals surface area (Å²) in [7, 11) is -1.88. The van der Waals surface area contributed by atoms with Crippen LogP contribution < -0.4 is 4.90 Å². The molecule has 1 aliphatic heterocycles. The lowest BCUT2D eigenvalue weighted by molar-refractivity contribution is -0.137. The Morgan fingerprint density at radius 2 is 1.93 bits per heavy atom. The highest BCUT2D eigenvalue weighted by atomic mass is 32.2. The van der Waals surface area contributed by atoms with Crippen molar-refractivity contribution in [1.82, 2.24) is 24.3 Å². The van der Waals surface area contributed by atoms with Gasteiger partial charge in [0.15, 0.2) is 0 Å². The second-order valence-corrected chi connectivity index (χ2v) is 14.0. The molecule has 11 heteroatoms. The molecule has 2 aromatic heterocycles. The average molecular weight is 587 g/mol. The molecule has 10 nitrogen and oxygen atoms in total.